The molecule has 13 nitrogen and oxygen atoms in total. The van der Waals surface area contributed by atoms with Crippen LogP contribution in [-0.2, 0) is 19.1 Å². The quantitative estimate of drug-likeness (QED) is 0.152. The highest BCUT2D eigenvalue weighted by Gasteiger charge is 2.61. The topological polar surface area (TPSA) is 173 Å². The van der Waals surface area contributed by atoms with E-state index in [0.717, 1.165) is 44.9 Å². The van der Waals surface area contributed by atoms with Gasteiger partial charge in [-0.3, -0.25) is 14.6 Å². The molecular weight excluding hydrogens is 652 g/mol. The largest absolute Gasteiger partial charge is 0.479 e. The molecule has 3 N–H and O–H groups in total. The second kappa shape index (κ2) is 16.9. The number of likely N-dealkylation sites (tertiary alicyclic amines) is 1. The number of carboxylic acid groups (broad SMARTS) is 1. The number of hydrogen-bond donors (Lipinski definition) is 3. The Labute approximate surface area is 299 Å². The molecule has 0 spiro atoms. The molecule has 1 saturated heterocycles. The second-order valence-corrected chi connectivity index (χ2v) is 13.7. The molecule has 5 atom stereocenters. The van der Waals surface area contributed by atoms with Crippen molar-refractivity contribution in [2.45, 2.75) is 121 Å². The lowest BCUT2D eigenvalue weighted by Gasteiger charge is -2.29. The lowest BCUT2D eigenvalue weighted by Crippen LogP contribution is -2.56. The minimum absolute atomic E-state index is 0.00391. The van der Waals surface area contributed by atoms with E-state index in [2.05, 4.69) is 34.1 Å². The van der Waals surface area contributed by atoms with Crippen LogP contribution in [0.2, 0.25) is 0 Å². The first-order valence-corrected chi connectivity index (χ1v) is 18.1. The van der Waals surface area contributed by atoms with Crippen molar-refractivity contribution in [2.75, 3.05) is 6.54 Å². The van der Waals surface area contributed by atoms with Crippen LogP contribution >= 0.6 is 0 Å². The minimum atomic E-state index is -1.49. The minimum Gasteiger partial charge on any atom is -0.479 e. The van der Waals surface area contributed by atoms with Gasteiger partial charge in [-0.15, -0.1) is 6.58 Å². The third kappa shape index (κ3) is 8.92. The molecule has 51 heavy (non-hydrogen) atoms. The maximum absolute atomic E-state index is 14.4. The Balaban J connectivity index is 1.44. The molecule has 0 aromatic carbocycles. The van der Waals surface area contributed by atoms with Gasteiger partial charge in [0.25, 0.3) is 0 Å². The van der Waals surface area contributed by atoms with Crippen LogP contribution < -0.4 is 15.4 Å². The van der Waals surface area contributed by atoms with Crippen LogP contribution in [0.1, 0.15) is 95.7 Å². The number of ether oxygens (including phenoxy) is 2. The molecule has 3 heterocycles. The molecule has 0 radical (unpaired) electrons. The summed E-state index contributed by atoms with van der Waals surface area (Å²) in [6, 6.07) is 3.41. The van der Waals surface area contributed by atoms with Crippen LogP contribution in [0, 0.1) is 12.8 Å². The van der Waals surface area contributed by atoms with Crippen LogP contribution in [0.5, 0.6) is 5.88 Å². The zero-order chi connectivity index (χ0) is 36.5. The second-order valence-electron chi connectivity index (χ2n) is 13.7. The summed E-state index contributed by atoms with van der Waals surface area (Å²) in [5.74, 6) is -2.04. The number of carbonyl (C=O) groups is 4. The standard InChI is InChI=1S/C38H50N6O7/c1-5-8-9-10-19-30(41-37(49)51-26-16-11-12-17-26)35(46)44-23-27(21-31(44)33(45)43-38(36(47)48)22-25(38)7-3)50-34-28(15-6-2)24(4)40-32(42-34)29-18-13-14-20-39-29/h6-7,13-15,18,20,25-27,30-31H,3,5,8-12,16-17,19,21-23H2,1-2,4H3,(H,41,49)(H,43,45)(H,47,48)/b15-6-/t25-,27-,30+,31+,38-/m1/s1. The first kappa shape index (κ1) is 37.4. The van der Waals surface area contributed by atoms with E-state index in [1.54, 1.807) is 18.3 Å². The third-order valence-corrected chi connectivity index (χ3v) is 9.99. The van der Waals surface area contributed by atoms with Crippen LogP contribution in [-0.4, -0.2) is 85.2 Å². The fourth-order valence-corrected chi connectivity index (χ4v) is 7.03. The van der Waals surface area contributed by atoms with Gasteiger partial charge in [0.2, 0.25) is 17.7 Å². The molecule has 3 amide bonds. The van der Waals surface area contributed by atoms with Crippen LogP contribution in [0.4, 0.5) is 4.79 Å². The van der Waals surface area contributed by atoms with Gasteiger partial charge in [-0.1, -0.05) is 56.9 Å². The Morgan fingerprint density at radius 1 is 1.14 bits per heavy atom. The number of rotatable bonds is 16. The number of carbonyl (C=O) groups excluding carboxylic acids is 3. The van der Waals surface area contributed by atoms with Crippen LogP contribution in [0.15, 0.2) is 43.1 Å². The highest BCUT2D eigenvalue weighted by atomic mass is 16.6. The van der Waals surface area contributed by atoms with Crippen molar-refractivity contribution in [1.29, 1.82) is 0 Å². The molecule has 1 aliphatic heterocycles. The van der Waals surface area contributed by atoms with Crippen molar-refractivity contribution in [1.82, 2.24) is 30.5 Å². The summed E-state index contributed by atoms with van der Waals surface area (Å²) >= 11 is 0. The van der Waals surface area contributed by atoms with Gasteiger partial charge < -0.3 is 30.1 Å². The molecule has 3 aliphatic rings. The number of nitrogens with one attached hydrogen (secondary N) is 2. The highest BCUT2D eigenvalue weighted by Crippen LogP contribution is 2.45. The predicted molar refractivity (Wildman–Crippen MR) is 190 cm³/mol. The van der Waals surface area contributed by atoms with Gasteiger partial charge in [0.15, 0.2) is 5.82 Å². The summed E-state index contributed by atoms with van der Waals surface area (Å²) in [6.45, 7) is 9.52. The Kier molecular flexibility index (Phi) is 12.4. The SMILES string of the molecule is C=C[C@@H]1C[C@]1(NC(=O)[C@@H]1C[C@@H](Oc2nc(-c3ccccn3)nc(C)c2/C=C\C)CN1C(=O)[C@H](CCCCCC)NC(=O)OC1CCCC1)C(=O)O. The van der Waals surface area contributed by atoms with E-state index < -0.39 is 53.5 Å². The lowest BCUT2D eigenvalue weighted by atomic mass is 10.1. The summed E-state index contributed by atoms with van der Waals surface area (Å²) in [5, 5.41) is 15.6. The monoisotopic (exact) mass is 702 g/mol. The fourth-order valence-electron chi connectivity index (χ4n) is 7.03. The Hall–Kier alpha value is -4.81. The van der Waals surface area contributed by atoms with Gasteiger partial charge >= 0.3 is 12.1 Å². The van der Waals surface area contributed by atoms with Gasteiger partial charge in [-0.2, -0.15) is 4.98 Å². The number of allylic oxidation sites excluding steroid dienone is 1. The molecular formula is C38H50N6O7. The van der Waals surface area contributed by atoms with Gasteiger partial charge in [0.1, 0.15) is 35.5 Å². The smallest absolute Gasteiger partial charge is 0.408 e. The Bertz CT molecular complexity index is 1610. The third-order valence-electron chi connectivity index (χ3n) is 9.99. The zero-order valence-electron chi connectivity index (χ0n) is 29.8. The number of aliphatic carboxylic acids is 1. The Morgan fingerprint density at radius 3 is 2.57 bits per heavy atom. The summed E-state index contributed by atoms with van der Waals surface area (Å²) in [6.07, 6.45) is 13.0. The molecule has 13 heteroatoms. The number of unbranched alkanes of at least 4 members (excludes halogenated alkanes) is 3. The number of aryl methyl sites for hydroxylation is 1. The lowest BCUT2D eigenvalue weighted by molar-refractivity contribution is -0.145. The molecule has 0 bridgehead atoms. The maximum atomic E-state index is 14.4. The average molecular weight is 703 g/mol. The number of hydrogen-bond acceptors (Lipinski definition) is 9. The summed E-state index contributed by atoms with van der Waals surface area (Å²) in [5.41, 5.74) is 0.364. The number of nitrogens with zero attached hydrogens (tertiary/aromatic N) is 4. The normalized spacial score (nSPS) is 23.5. The number of aromatic nitrogens is 3. The number of pyridine rings is 1. The van der Waals surface area contributed by atoms with E-state index in [1.165, 1.54) is 11.0 Å². The van der Waals surface area contributed by atoms with Crippen molar-refractivity contribution in [3.8, 4) is 17.4 Å². The molecule has 2 saturated carbocycles. The van der Waals surface area contributed by atoms with E-state index in [9.17, 15) is 24.3 Å². The van der Waals surface area contributed by atoms with Crippen molar-refractivity contribution in [3.05, 3.63) is 54.4 Å². The summed E-state index contributed by atoms with van der Waals surface area (Å²) < 4.78 is 12.2. The van der Waals surface area contributed by atoms with Gasteiger partial charge in [0, 0.05) is 18.5 Å². The summed E-state index contributed by atoms with van der Waals surface area (Å²) in [7, 11) is 0. The van der Waals surface area contributed by atoms with Crippen LogP contribution in [0.25, 0.3) is 17.6 Å². The molecule has 2 aromatic rings. The number of amides is 3. The molecule has 3 fully saturated rings. The molecule has 2 aliphatic carbocycles. The highest BCUT2D eigenvalue weighted by molar-refractivity contribution is 5.96. The first-order chi connectivity index (χ1) is 24.6. The molecule has 5 rings (SSSR count). The van der Waals surface area contributed by atoms with E-state index >= 15 is 0 Å². The van der Waals surface area contributed by atoms with E-state index in [0.29, 0.717) is 35.6 Å². The summed E-state index contributed by atoms with van der Waals surface area (Å²) in [4.78, 5) is 68.9. The Morgan fingerprint density at radius 2 is 1.92 bits per heavy atom. The average Bonchev–Trinajstić information content (AvgIpc) is 3.38. The van der Waals surface area contributed by atoms with Gasteiger partial charge in [-0.05, 0) is 64.5 Å². The van der Waals surface area contributed by atoms with E-state index in [1.807, 2.05) is 32.1 Å². The van der Waals surface area contributed by atoms with Crippen molar-refractivity contribution in [3.63, 3.8) is 0 Å². The van der Waals surface area contributed by atoms with Gasteiger partial charge in [0.05, 0.1) is 17.8 Å². The number of carboxylic acids is 1. The molecule has 2 aromatic heterocycles. The molecule has 0 unspecified atom stereocenters. The zero-order valence-corrected chi connectivity index (χ0v) is 29.8. The predicted octanol–water partition coefficient (Wildman–Crippen LogP) is 5.38. The fraction of sp³-hybridized carbons (Fsp3) is 0.553. The maximum Gasteiger partial charge on any atom is 0.408 e. The van der Waals surface area contributed by atoms with Gasteiger partial charge in [-0.25, -0.2) is 14.6 Å². The van der Waals surface area contributed by atoms with Crippen molar-refractivity contribution in [2.24, 2.45) is 5.92 Å². The molecule has 274 valence electrons. The van der Waals surface area contributed by atoms with Crippen molar-refractivity contribution < 1.29 is 33.8 Å². The van der Waals surface area contributed by atoms with E-state index in [-0.39, 0.29) is 31.4 Å². The first-order valence-electron chi connectivity index (χ1n) is 18.1. The van der Waals surface area contributed by atoms with E-state index in [4.69, 9.17) is 14.5 Å². The van der Waals surface area contributed by atoms with Crippen molar-refractivity contribution >= 4 is 30.0 Å². The number of alkyl carbamates (subject to hydrolysis) is 1. The van der Waals surface area contributed by atoms with Crippen LogP contribution in [0.3, 0.4) is 0 Å².